The molecule has 2 aromatic heterocycles. The van der Waals surface area contributed by atoms with Crippen LogP contribution in [0, 0.1) is 0 Å². The average Bonchev–Trinajstić information content (AvgIpc) is 3.44. The largest absolute Gasteiger partial charge is 0.496 e. The maximum absolute atomic E-state index is 13.8. The summed E-state index contributed by atoms with van der Waals surface area (Å²) in [4.78, 5) is 26.3. The smallest absolute Gasteiger partial charge is 0.253 e. The number of ether oxygens (including phenoxy) is 1. The monoisotopic (exact) mass is 639 g/mol. The van der Waals surface area contributed by atoms with Crippen molar-refractivity contribution in [3.63, 3.8) is 0 Å². The van der Waals surface area contributed by atoms with E-state index in [1.807, 2.05) is 24.3 Å². The predicted octanol–water partition coefficient (Wildman–Crippen LogP) is 4.59. The van der Waals surface area contributed by atoms with Crippen LogP contribution in [0.15, 0.2) is 79.1 Å². The van der Waals surface area contributed by atoms with E-state index in [1.54, 1.807) is 69.9 Å². The first-order chi connectivity index (χ1) is 22.0. The Labute approximate surface area is 269 Å². The number of carbonyl (C=O) groups is 1. The second kappa shape index (κ2) is 12.7. The van der Waals surface area contributed by atoms with Crippen molar-refractivity contribution in [2.24, 2.45) is 0 Å². The van der Waals surface area contributed by atoms with Crippen LogP contribution in [0.5, 0.6) is 5.75 Å². The molecule has 10 nitrogen and oxygen atoms in total. The Morgan fingerprint density at radius 2 is 1.83 bits per heavy atom. The average molecular weight is 640 g/mol. The first kappa shape index (κ1) is 31.4. The highest BCUT2D eigenvalue weighted by Crippen LogP contribution is 2.36. The van der Waals surface area contributed by atoms with Crippen molar-refractivity contribution < 1.29 is 23.1 Å². The van der Waals surface area contributed by atoms with Crippen LogP contribution in [0.1, 0.15) is 34.0 Å². The predicted molar refractivity (Wildman–Crippen MR) is 178 cm³/mol. The molecule has 1 N–H and O–H groups in total. The Morgan fingerprint density at radius 3 is 2.52 bits per heavy atom. The summed E-state index contributed by atoms with van der Waals surface area (Å²) in [6.45, 7) is 3.56. The lowest BCUT2D eigenvalue weighted by Gasteiger charge is -2.27. The molecule has 0 bridgehead atoms. The van der Waals surface area contributed by atoms with E-state index in [0.29, 0.717) is 33.5 Å². The standard InChI is InChI=1S/C35H37N5O5S/c1-23(41)19-39(3)35(42)26-12-10-25(11-13-26)30-21-40(46(43,44)22-24-8-6-5-7-9-24)34-33(30)37-31(18-36-34)28-16-27-14-15-38(2)20-29(27)32(17-28)45-4/h5-13,16-18,21,23,41H,14-15,19-20,22H2,1-4H3/t23-/m0/s1. The van der Waals surface area contributed by atoms with E-state index in [9.17, 15) is 18.3 Å². The molecule has 1 atom stereocenters. The molecule has 0 aliphatic carbocycles. The third-order valence-electron chi connectivity index (χ3n) is 8.29. The summed E-state index contributed by atoms with van der Waals surface area (Å²) in [6, 6.07) is 20.0. The Bertz CT molecular complexity index is 1990. The Kier molecular flexibility index (Phi) is 8.65. The molecule has 238 valence electrons. The van der Waals surface area contributed by atoms with Gasteiger partial charge in [0.2, 0.25) is 10.0 Å². The van der Waals surface area contributed by atoms with Gasteiger partial charge < -0.3 is 19.6 Å². The summed E-state index contributed by atoms with van der Waals surface area (Å²) in [5.74, 6) is 0.347. The zero-order valence-corrected chi connectivity index (χ0v) is 27.2. The van der Waals surface area contributed by atoms with E-state index in [1.165, 1.54) is 14.4 Å². The fourth-order valence-electron chi connectivity index (χ4n) is 5.97. The number of aromatic nitrogens is 3. The molecule has 1 aliphatic rings. The van der Waals surface area contributed by atoms with E-state index in [2.05, 4.69) is 23.0 Å². The summed E-state index contributed by atoms with van der Waals surface area (Å²) < 4.78 is 34.6. The summed E-state index contributed by atoms with van der Waals surface area (Å²) in [5, 5.41) is 9.71. The molecule has 11 heteroatoms. The maximum Gasteiger partial charge on any atom is 0.253 e. The molecular formula is C35H37N5O5S. The van der Waals surface area contributed by atoms with Crippen molar-refractivity contribution in [3.05, 3.63) is 101 Å². The molecule has 0 fully saturated rings. The lowest BCUT2D eigenvalue weighted by Crippen LogP contribution is -2.32. The van der Waals surface area contributed by atoms with Gasteiger partial charge in [0.15, 0.2) is 5.65 Å². The highest BCUT2D eigenvalue weighted by molar-refractivity contribution is 7.89. The van der Waals surface area contributed by atoms with E-state index in [4.69, 9.17) is 9.72 Å². The van der Waals surface area contributed by atoms with Gasteiger partial charge in [-0.05, 0) is 61.3 Å². The lowest BCUT2D eigenvalue weighted by atomic mass is 9.95. The normalized spacial score (nSPS) is 14.2. The SMILES string of the molecule is COc1cc(-c2cnc3c(n2)c(-c2ccc(C(=O)N(C)C[C@H](C)O)cc2)cn3S(=O)(=O)Cc2ccccc2)cc2c1CN(C)CC2. The van der Waals surface area contributed by atoms with E-state index in [-0.39, 0.29) is 23.9 Å². The number of nitrogens with zero attached hydrogens (tertiary/aromatic N) is 5. The third-order valence-corrected chi connectivity index (χ3v) is 9.87. The number of aliphatic hydroxyl groups excluding tert-OH is 1. The van der Waals surface area contributed by atoms with Crippen LogP contribution in [-0.4, -0.2) is 83.6 Å². The minimum atomic E-state index is -3.87. The molecule has 6 rings (SSSR count). The Balaban J connectivity index is 1.46. The van der Waals surface area contributed by atoms with Crippen molar-refractivity contribution >= 4 is 27.1 Å². The Hall–Kier alpha value is -4.58. The molecule has 1 amide bonds. The van der Waals surface area contributed by atoms with Gasteiger partial charge in [0.25, 0.3) is 5.91 Å². The second-order valence-corrected chi connectivity index (χ2v) is 13.8. The van der Waals surface area contributed by atoms with Crippen molar-refractivity contribution in [1.29, 1.82) is 0 Å². The fraction of sp³-hybridized carbons (Fsp3) is 0.286. The first-order valence-corrected chi connectivity index (χ1v) is 16.7. The lowest BCUT2D eigenvalue weighted by molar-refractivity contribution is 0.0703. The van der Waals surface area contributed by atoms with Crippen molar-refractivity contribution in [3.8, 4) is 28.1 Å². The van der Waals surface area contributed by atoms with Crippen LogP contribution in [0.4, 0.5) is 0 Å². The van der Waals surface area contributed by atoms with Gasteiger partial charge in [-0.2, -0.15) is 0 Å². The van der Waals surface area contributed by atoms with Crippen LogP contribution in [0.2, 0.25) is 0 Å². The number of methoxy groups -OCH3 is 1. The number of benzene rings is 3. The van der Waals surface area contributed by atoms with Crippen molar-refractivity contribution in [2.75, 3.05) is 34.3 Å². The highest BCUT2D eigenvalue weighted by atomic mass is 32.2. The minimum absolute atomic E-state index is 0.204. The van der Waals surface area contributed by atoms with Crippen LogP contribution < -0.4 is 4.74 Å². The second-order valence-electron chi connectivity index (χ2n) is 11.9. The molecule has 5 aromatic rings. The van der Waals surface area contributed by atoms with Crippen molar-refractivity contribution in [2.45, 2.75) is 31.7 Å². The highest BCUT2D eigenvalue weighted by Gasteiger charge is 2.25. The van der Waals surface area contributed by atoms with Gasteiger partial charge in [-0.25, -0.2) is 22.4 Å². The van der Waals surface area contributed by atoms with E-state index < -0.39 is 16.1 Å². The maximum atomic E-state index is 13.8. The molecule has 0 spiro atoms. The molecule has 0 radical (unpaired) electrons. The van der Waals surface area contributed by atoms with Crippen LogP contribution in [0.3, 0.4) is 0 Å². The number of hydrogen-bond acceptors (Lipinski definition) is 8. The number of hydrogen-bond donors (Lipinski definition) is 1. The molecule has 1 aliphatic heterocycles. The minimum Gasteiger partial charge on any atom is -0.496 e. The zero-order chi connectivity index (χ0) is 32.6. The van der Waals surface area contributed by atoms with Gasteiger partial charge in [-0.15, -0.1) is 0 Å². The summed E-state index contributed by atoms with van der Waals surface area (Å²) in [5.41, 5.74) is 6.79. The van der Waals surface area contributed by atoms with Crippen LogP contribution in [0.25, 0.3) is 33.5 Å². The van der Waals surface area contributed by atoms with E-state index >= 15 is 0 Å². The summed E-state index contributed by atoms with van der Waals surface area (Å²) >= 11 is 0. The molecule has 0 saturated carbocycles. The molecule has 3 aromatic carbocycles. The van der Waals surface area contributed by atoms with Gasteiger partial charge in [0.05, 0.1) is 30.9 Å². The molecule has 0 unspecified atom stereocenters. The summed E-state index contributed by atoms with van der Waals surface area (Å²) in [7, 11) is 1.52. The molecule has 3 heterocycles. The molecule has 46 heavy (non-hydrogen) atoms. The van der Waals surface area contributed by atoms with Gasteiger partial charge in [-0.3, -0.25) is 4.79 Å². The number of rotatable bonds is 9. The van der Waals surface area contributed by atoms with Crippen LogP contribution in [-0.2, 0) is 28.7 Å². The number of amides is 1. The Morgan fingerprint density at radius 1 is 1.09 bits per heavy atom. The van der Waals surface area contributed by atoms with E-state index in [0.717, 1.165) is 36.4 Å². The number of fused-ring (bicyclic) bond motifs is 2. The van der Waals surface area contributed by atoms with Crippen LogP contribution >= 0.6 is 0 Å². The molecule has 0 saturated heterocycles. The summed E-state index contributed by atoms with van der Waals surface area (Å²) in [6.07, 6.45) is 3.40. The van der Waals surface area contributed by atoms with Gasteiger partial charge in [0.1, 0.15) is 11.3 Å². The first-order valence-electron chi connectivity index (χ1n) is 15.1. The van der Waals surface area contributed by atoms with Gasteiger partial charge in [0, 0.05) is 55.1 Å². The third kappa shape index (κ3) is 6.26. The fourth-order valence-corrected chi connectivity index (χ4v) is 7.38. The number of likely N-dealkylation sites (N-methyl/N-ethyl adjacent to an activating group) is 2. The van der Waals surface area contributed by atoms with Gasteiger partial charge in [-0.1, -0.05) is 42.5 Å². The zero-order valence-electron chi connectivity index (χ0n) is 26.3. The van der Waals surface area contributed by atoms with Gasteiger partial charge >= 0.3 is 0 Å². The topological polar surface area (TPSA) is 118 Å². The molecular weight excluding hydrogens is 602 g/mol. The van der Waals surface area contributed by atoms with Crippen molar-refractivity contribution in [1.82, 2.24) is 23.7 Å². The number of carbonyl (C=O) groups excluding carboxylic acids is 1. The number of aliphatic hydroxyl groups is 1. The quantitative estimate of drug-likeness (QED) is 0.249.